The normalized spacial score (nSPS) is 14.0. The van der Waals surface area contributed by atoms with E-state index in [0.29, 0.717) is 44.9 Å². The smallest absolute Gasteiger partial charge is 0.354 e. The molecule has 1 aromatic heterocycles. The third kappa shape index (κ3) is 4.01. The summed E-state index contributed by atoms with van der Waals surface area (Å²) in [5.41, 5.74) is 0.957. The van der Waals surface area contributed by atoms with E-state index in [1.54, 1.807) is 24.3 Å². The Balaban J connectivity index is 1.46. The van der Waals surface area contributed by atoms with Gasteiger partial charge in [-0.3, -0.25) is 14.5 Å². The average molecular weight is 473 g/mol. The number of ether oxygens (including phenoxy) is 1. The van der Waals surface area contributed by atoms with E-state index >= 15 is 0 Å². The van der Waals surface area contributed by atoms with E-state index in [1.807, 2.05) is 6.92 Å². The molecule has 0 saturated carbocycles. The summed E-state index contributed by atoms with van der Waals surface area (Å²) < 4.78 is 5.84. The number of imide groups is 1. The molecule has 4 rings (SSSR count). The van der Waals surface area contributed by atoms with Crippen LogP contribution in [-0.2, 0) is 0 Å². The number of amides is 2. The Morgan fingerprint density at radius 1 is 1.12 bits per heavy atom. The Labute approximate surface area is 193 Å². The number of halogens is 2. The van der Waals surface area contributed by atoms with Crippen molar-refractivity contribution in [1.82, 2.24) is 9.88 Å². The first kappa shape index (κ1) is 22.0. The van der Waals surface area contributed by atoms with Crippen molar-refractivity contribution < 1.29 is 24.2 Å². The van der Waals surface area contributed by atoms with E-state index in [4.69, 9.17) is 27.9 Å². The molecule has 2 amide bonds. The number of aromatic carboxylic acids is 1. The molecule has 0 fully saturated rings. The van der Waals surface area contributed by atoms with Gasteiger partial charge in [-0.05, 0) is 44.0 Å². The van der Waals surface area contributed by atoms with Gasteiger partial charge in [-0.15, -0.1) is 0 Å². The zero-order valence-electron chi connectivity index (χ0n) is 17.0. The quantitative estimate of drug-likeness (QED) is 0.380. The Bertz CT molecular complexity index is 1230. The number of rotatable bonds is 7. The predicted octanol–water partition coefficient (Wildman–Crippen LogP) is 5.08. The third-order valence-corrected chi connectivity index (χ3v) is 5.81. The molecule has 9 heteroatoms. The van der Waals surface area contributed by atoms with Crippen LogP contribution in [0.3, 0.4) is 0 Å². The number of nitrogens with zero attached hydrogens (tertiary/aromatic N) is 2. The van der Waals surface area contributed by atoms with Crippen LogP contribution in [0.5, 0.6) is 5.75 Å². The monoisotopic (exact) mass is 472 g/mol. The molecule has 3 aromatic rings. The number of pyridine rings is 1. The molecule has 1 N–H and O–H groups in total. The first-order valence-corrected chi connectivity index (χ1v) is 10.7. The summed E-state index contributed by atoms with van der Waals surface area (Å²) in [6.07, 6.45) is 1.03. The summed E-state index contributed by atoms with van der Waals surface area (Å²) in [4.78, 5) is 42.0. The van der Waals surface area contributed by atoms with Crippen LogP contribution in [0.15, 0.2) is 42.5 Å². The van der Waals surface area contributed by atoms with Crippen LogP contribution in [0, 0.1) is 0 Å². The van der Waals surface area contributed by atoms with Crippen molar-refractivity contribution in [2.75, 3.05) is 6.61 Å². The van der Waals surface area contributed by atoms with E-state index in [1.165, 1.54) is 23.1 Å². The molecule has 32 heavy (non-hydrogen) atoms. The maximum Gasteiger partial charge on any atom is 0.354 e. The minimum absolute atomic E-state index is 0.190. The summed E-state index contributed by atoms with van der Waals surface area (Å²) in [6, 6.07) is 10.8. The van der Waals surface area contributed by atoms with Gasteiger partial charge in [0.25, 0.3) is 11.8 Å². The Hall–Kier alpha value is -3.16. The highest BCUT2D eigenvalue weighted by molar-refractivity contribution is 6.39. The molecule has 1 atom stereocenters. The van der Waals surface area contributed by atoms with Gasteiger partial charge in [0.1, 0.15) is 5.75 Å². The maximum atomic E-state index is 12.6. The highest BCUT2D eigenvalue weighted by Gasteiger charge is 2.37. The molecule has 7 nitrogen and oxygen atoms in total. The topological polar surface area (TPSA) is 96.8 Å². The van der Waals surface area contributed by atoms with Crippen LogP contribution < -0.4 is 4.74 Å². The van der Waals surface area contributed by atoms with E-state index in [9.17, 15) is 19.5 Å². The molecule has 1 aliphatic heterocycles. The molecule has 0 aliphatic carbocycles. The van der Waals surface area contributed by atoms with Crippen molar-refractivity contribution in [3.63, 3.8) is 0 Å². The van der Waals surface area contributed by atoms with Crippen molar-refractivity contribution in [1.29, 1.82) is 0 Å². The Kier molecular flexibility index (Phi) is 6.04. The van der Waals surface area contributed by atoms with Crippen LogP contribution >= 0.6 is 23.2 Å². The number of hydrogen-bond donors (Lipinski definition) is 1. The molecule has 164 valence electrons. The fourth-order valence-corrected chi connectivity index (χ4v) is 4.35. The zero-order chi connectivity index (χ0) is 23.0. The second-order valence-corrected chi connectivity index (χ2v) is 8.30. The summed E-state index contributed by atoms with van der Waals surface area (Å²) in [5, 5.41) is 10.4. The second-order valence-electron chi connectivity index (χ2n) is 7.46. The minimum Gasteiger partial charge on any atom is -0.493 e. The summed E-state index contributed by atoms with van der Waals surface area (Å²) in [5.74, 6) is -1.52. The van der Waals surface area contributed by atoms with Crippen molar-refractivity contribution in [3.05, 3.63) is 69.3 Å². The fraction of sp³-hybridized carbons (Fsp3) is 0.217. The van der Waals surface area contributed by atoms with Gasteiger partial charge in [0, 0.05) is 17.1 Å². The first-order valence-electron chi connectivity index (χ1n) is 9.90. The summed E-state index contributed by atoms with van der Waals surface area (Å²) in [6.45, 7) is 2.04. The average Bonchev–Trinajstić information content (AvgIpc) is 3.00. The van der Waals surface area contributed by atoms with Gasteiger partial charge < -0.3 is 9.84 Å². The van der Waals surface area contributed by atoms with Gasteiger partial charge in [-0.1, -0.05) is 35.3 Å². The third-order valence-electron chi connectivity index (χ3n) is 5.30. The van der Waals surface area contributed by atoms with E-state index in [2.05, 4.69) is 4.98 Å². The molecule has 2 heterocycles. The maximum absolute atomic E-state index is 12.6. The standard InChI is InChI=1S/C23H18Cl2N2O5/c1-12(27-21(28)14-6-2-3-7-15(14)22(27)29)5-4-8-32-19-11-18(23(30)31)26-17-10-13(24)9-16(25)20(17)19/h2-3,6-7,9-12H,4-5,8H2,1H3,(H,30,31). The SMILES string of the molecule is CC(CCCOc1cc(C(=O)O)nc2cc(Cl)cc(Cl)c12)N1C(=O)c2ccccc2C1=O. The number of fused-ring (bicyclic) bond motifs is 2. The van der Waals surface area contributed by atoms with Gasteiger partial charge in [0.15, 0.2) is 5.69 Å². The molecule has 0 spiro atoms. The van der Waals surface area contributed by atoms with Crippen molar-refractivity contribution in [2.24, 2.45) is 0 Å². The number of benzene rings is 2. The van der Waals surface area contributed by atoms with Crippen LogP contribution in [0.1, 0.15) is 51.0 Å². The van der Waals surface area contributed by atoms with Gasteiger partial charge in [-0.25, -0.2) is 9.78 Å². The van der Waals surface area contributed by atoms with Crippen LogP contribution in [-0.4, -0.2) is 45.4 Å². The van der Waals surface area contributed by atoms with Crippen LogP contribution in [0.25, 0.3) is 10.9 Å². The van der Waals surface area contributed by atoms with Gasteiger partial charge in [-0.2, -0.15) is 0 Å². The van der Waals surface area contributed by atoms with Gasteiger partial charge in [0.2, 0.25) is 0 Å². The van der Waals surface area contributed by atoms with Crippen molar-refractivity contribution >= 4 is 51.9 Å². The molecule has 0 saturated heterocycles. The number of carboxylic acid groups (broad SMARTS) is 1. The molecular formula is C23H18Cl2N2O5. The molecule has 1 unspecified atom stereocenters. The first-order chi connectivity index (χ1) is 15.3. The lowest BCUT2D eigenvalue weighted by Gasteiger charge is -2.22. The van der Waals surface area contributed by atoms with Crippen molar-refractivity contribution in [2.45, 2.75) is 25.8 Å². The summed E-state index contributed by atoms with van der Waals surface area (Å²) >= 11 is 12.3. The largest absolute Gasteiger partial charge is 0.493 e. The number of carboxylic acids is 1. The molecule has 2 aromatic carbocycles. The second kappa shape index (κ2) is 8.76. The van der Waals surface area contributed by atoms with Crippen LogP contribution in [0.4, 0.5) is 0 Å². The fourth-order valence-electron chi connectivity index (χ4n) is 3.77. The van der Waals surface area contributed by atoms with E-state index in [-0.39, 0.29) is 35.9 Å². The molecule has 0 radical (unpaired) electrons. The van der Waals surface area contributed by atoms with Crippen molar-refractivity contribution in [3.8, 4) is 5.75 Å². The number of aromatic nitrogens is 1. The zero-order valence-corrected chi connectivity index (χ0v) is 18.5. The highest BCUT2D eigenvalue weighted by Crippen LogP contribution is 2.35. The Morgan fingerprint density at radius 3 is 2.41 bits per heavy atom. The lowest BCUT2D eigenvalue weighted by Crippen LogP contribution is -2.38. The lowest BCUT2D eigenvalue weighted by molar-refractivity contribution is 0.0584. The number of carbonyl (C=O) groups is 3. The highest BCUT2D eigenvalue weighted by atomic mass is 35.5. The van der Waals surface area contributed by atoms with Gasteiger partial charge >= 0.3 is 5.97 Å². The lowest BCUT2D eigenvalue weighted by atomic mass is 10.1. The molecular weight excluding hydrogens is 455 g/mol. The van der Waals surface area contributed by atoms with Gasteiger partial charge in [0.05, 0.1) is 33.7 Å². The molecule has 0 bridgehead atoms. The van der Waals surface area contributed by atoms with Crippen LogP contribution in [0.2, 0.25) is 10.0 Å². The molecule has 1 aliphatic rings. The number of carbonyl (C=O) groups excluding carboxylic acids is 2. The minimum atomic E-state index is -1.20. The number of hydrogen-bond acceptors (Lipinski definition) is 5. The van der Waals surface area contributed by atoms with E-state index < -0.39 is 5.97 Å². The van der Waals surface area contributed by atoms with E-state index in [0.717, 1.165) is 0 Å². The Morgan fingerprint density at radius 2 is 1.78 bits per heavy atom. The summed E-state index contributed by atoms with van der Waals surface area (Å²) in [7, 11) is 0. The predicted molar refractivity (Wildman–Crippen MR) is 120 cm³/mol.